The number of anilines is 2. The minimum atomic E-state index is -0.575. The van der Waals surface area contributed by atoms with E-state index in [2.05, 4.69) is 25.5 Å². The van der Waals surface area contributed by atoms with Crippen LogP contribution in [0.3, 0.4) is 0 Å². The lowest BCUT2D eigenvalue weighted by atomic mass is 10.2. The van der Waals surface area contributed by atoms with Crippen LogP contribution in [0, 0.1) is 0 Å². The predicted molar refractivity (Wildman–Crippen MR) is 132 cm³/mol. The van der Waals surface area contributed by atoms with Gasteiger partial charge in [-0.1, -0.05) is 18.2 Å². The molecule has 3 N–H and O–H groups in total. The van der Waals surface area contributed by atoms with Gasteiger partial charge < -0.3 is 24.6 Å². The molecule has 10 heteroatoms. The molecule has 0 spiro atoms. The van der Waals surface area contributed by atoms with E-state index < -0.39 is 6.09 Å². The molecule has 1 amide bonds. The van der Waals surface area contributed by atoms with E-state index in [0.717, 1.165) is 38.4 Å². The van der Waals surface area contributed by atoms with Crippen molar-refractivity contribution in [2.24, 2.45) is 0 Å². The SMILES string of the molecule is O=C(Nc1ccc(-c2ncc(OCCN3CCOCC3)c(NCCO)n2)cc1)Oc1ccccc1. The third-order valence-corrected chi connectivity index (χ3v) is 5.27. The number of aliphatic hydroxyl groups is 1. The summed E-state index contributed by atoms with van der Waals surface area (Å²) in [5, 5.41) is 15.0. The smallest absolute Gasteiger partial charge is 0.417 e. The van der Waals surface area contributed by atoms with Crippen LogP contribution in [-0.4, -0.2) is 78.7 Å². The Kier molecular flexibility index (Phi) is 8.82. The van der Waals surface area contributed by atoms with E-state index in [1.54, 1.807) is 42.6 Å². The van der Waals surface area contributed by atoms with Crippen LogP contribution in [0.25, 0.3) is 11.4 Å². The minimum Gasteiger partial charge on any atom is -0.487 e. The molecule has 1 aliphatic rings. The van der Waals surface area contributed by atoms with Crippen LogP contribution >= 0.6 is 0 Å². The summed E-state index contributed by atoms with van der Waals surface area (Å²) in [5.41, 5.74) is 1.34. The lowest BCUT2D eigenvalue weighted by molar-refractivity contribution is 0.0322. The molecule has 1 aliphatic heterocycles. The summed E-state index contributed by atoms with van der Waals surface area (Å²) in [6.07, 6.45) is 1.05. The van der Waals surface area contributed by atoms with Crippen molar-refractivity contribution in [2.75, 3.05) is 63.2 Å². The van der Waals surface area contributed by atoms with Gasteiger partial charge in [0, 0.05) is 37.4 Å². The molecule has 4 rings (SSSR count). The quantitative estimate of drug-likeness (QED) is 0.403. The Morgan fingerprint density at radius 2 is 1.86 bits per heavy atom. The zero-order valence-electron chi connectivity index (χ0n) is 19.4. The number of para-hydroxylation sites is 1. The first kappa shape index (κ1) is 24.4. The maximum absolute atomic E-state index is 12.1. The number of hydrogen-bond donors (Lipinski definition) is 3. The summed E-state index contributed by atoms with van der Waals surface area (Å²) < 4.78 is 16.5. The number of aromatic nitrogens is 2. The number of carbonyl (C=O) groups excluding carboxylic acids is 1. The fraction of sp³-hybridized carbons (Fsp3) is 0.320. The molecule has 1 aromatic heterocycles. The normalized spacial score (nSPS) is 13.7. The monoisotopic (exact) mass is 479 g/mol. The van der Waals surface area contributed by atoms with Gasteiger partial charge in [-0.2, -0.15) is 0 Å². The summed E-state index contributed by atoms with van der Waals surface area (Å²) in [6.45, 7) is 4.84. The Morgan fingerprint density at radius 1 is 1.09 bits per heavy atom. The highest BCUT2D eigenvalue weighted by Crippen LogP contribution is 2.26. The fourth-order valence-corrected chi connectivity index (χ4v) is 3.47. The first-order valence-corrected chi connectivity index (χ1v) is 11.5. The highest BCUT2D eigenvalue weighted by molar-refractivity contribution is 5.86. The molecule has 1 saturated heterocycles. The molecule has 0 unspecified atom stereocenters. The van der Waals surface area contributed by atoms with E-state index in [1.807, 2.05) is 18.2 Å². The molecule has 0 aliphatic carbocycles. The topological polar surface area (TPSA) is 118 Å². The average Bonchev–Trinajstić information content (AvgIpc) is 2.89. The number of nitrogens with zero attached hydrogens (tertiary/aromatic N) is 3. The number of aliphatic hydroxyl groups excluding tert-OH is 1. The number of carbonyl (C=O) groups is 1. The summed E-state index contributed by atoms with van der Waals surface area (Å²) in [7, 11) is 0. The molecule has 2 aromatic carbocycles. The van der Waals surface area contributed by atoms with Gasteiger partial charge in [-0.3, -0.25) is 10.2 Å². The summed E-state index contributed by atoms with van der Waals surface area (Å²) in [5.74, 6) is 1.99. The fourth-order valence-electron chi connectivity index (χ4n) is 3.47. The second-order valence-electron chi connectivity index (χ2n) is 7.76. The predicted octanol–water partition coefficient (Wildman–Crippen LogP) is 2.87. The van der Waals surface area contributed by atoms with Gasteiger partial charge in [0.05, 0.1) is 26.0 Å². The van der Waals surface area contributed by atoms with Crippen LogP contribution < -0.4 is 20.1 Å². The Morgan fingerprint density at radius 3 is 2.60 bits per heavy atom. The van der Waals surface area contributed by atoms with Crippen molar-refractivity contribution < 1.29 is 24.1 Å². The lowest BCUT2D eigenvalue weighted by Gasteiger charge is -2.26. The zero-order chi connectivity index (χ0) is 24.3. The summed E-state index contributed by atoms with van der Waals surface area (Å²) in [6, 6.07) is 16.0. The third kappa shape index (κ3) is 7.38. The maximum atomic E-state index is 12.1. The minimum absolute atomic E-state index is 0.0357. The van der Waals surface area contributed by atoms with Gasteiger partial charge >= 0.3 is 6.09 Å². The van der Waals surface area contributed by atoms with Crippen LogP contribution in [-0.2, 0) is 4.74 Å². The van der Waals surface area contributed by atoms with Gasteiger partial charge in [0.1, 0.15) is 12.4 Å². The molecule has 1 fully saturated rings. The van der Waals surface area contributed by atoms with Crippen LogP contribution in [0.15, 0.2) is 60.8 Å². The molecule has 0 bridgehead atoms. The molecule has 0 atom stereocenters. The van der Waals surface area contributed by atoms with Gasteiger partial charge in [0.15, 0.2) is 17.4 Å². The van der Waals surface area contributed by atoms with Crippen LogP contribution in [0.5, 0.6) is 11.5 Å². The largest absolute Gasteiger partial charge is 0.487 e. The molecular formula is C25H29N5O5. The first-order chi connectivity index (χ1) is 17.2. The number of rotatable bonds is 10. The van der Waals surface area contributed by atoms with Crippen molar-refractivity contribution in [2.45, 2.75) is 0 Å². The molecule has 0 saturated carbocycles. The summed E-state index contributed by atoms with van der Waals surface area (Å²) in [4.78, 5) is 23.4. The van der Waals surface area contributed by atoms with Crippen molar-refractivity contribution in [3.63, 3.8) is 0 Å². The van der Waals surface area contributed by atoms with E-state index in [9.17, 15) is 9.90 Å². The Bertz CT molecular complexity index is 1080. The first-order valence-electron chi connectivity index (χ1n) is 11.5. The third-order valence-electron chi connectivity index (χ3n) is 5.27. The lowest BCUT2D eigenvalue weighted by Crippen LogP contribution is -2.38. The zero-order valence-corrected chi connectivity index (χ0v) is 19.4. The van der Waals surface area contributed by atoms with Gasteiger partial charge in [-0.15, -0.1) is 0 Å². The van der Waals surface area contributed by atoms with Crippen molar-refractivity contribution in [1.29, 1.82) is 0 Å². The van der Waals surface area contributed by atoms with E-state index in [-0.39, 0.29) is 6.61 Å². The van der Waals surface area contributed by atoms with E-state index >= 15 is 0 Å². The molecule has 10 nitrogen and oxygen atoms in total. The molecule has 35 heavy (non-hydrogen) atoms. The Labute approximate surface area is 203 Å². The second-order valence-corrected chi connectivity index (χ2v) is 7.76. The maximum Gasteiger partial charge on any atom is 0.417 e. The number of morpholine rings is 1. The summed E-state index contributed by atoms with van der Waals surface area (Å²) >= 11 is 0. The Balaban J connectivity index is 1.38. The standard InChI is InChI=1S/C25H29N5O5/c31-14-10-26-24-22(34-17-13-30-11-15-33-16-12-30)18-27-23(29-24)19-6-8-20(9-7-19)28-25(32)35-21-4-2-1-3-5-21/h1-9,18,31H,10-17H2,(H,28,32)(H,26,27,29). The molecule has 3 aromatic rings. The number of hydrogen-bond acceptors (Lipinski definition) is 9. The van der Waals surface area contributed by atoms with Crippen molar-refractivity contribution >= 4 is 17.6 Å². The van der Waals surface area contributed by atoms with Gasteiger partial charge in [0.2, 0.25) is 0 Å². The highest BCUT2D eigenvalue weighted by atomic mass is 16.6. The highest BCUT2D eigenvalue weighted by Gasteiger charge is 2.13. The van der Waals surface area contributed by atoms with Crippen LogP contribution in [0.1, 0.15) is 0 Å². The number of amides is 1. The van der Waals surface area contributed by atoms with E-state index in [0.29, 0.717) is 42.0 Å². The van der Waals surface area contributed by atoms with E-state index in [1.165, 1.54) is 0 Å². The second kappa shape index (κ2) is 12.7. The van der Waals surface area contributed by atoms with Crippen molar-refractivity contribution in [3.05, 3.63) is 60.8 Å². The molecule has 0 radical (unpaired) electrons. The van der Waals surface area contributed by atoms with Gasteiger partial charge in [-0.05, 0) is 36.4 Å². The van der Waals surface area contributed by atoms with Crippen LogP contribution in [0.4, 0.5) is 16.3 Å². The van der Waals surface area contributed by atoms with Gasteiger partial charge in [-0.25, -0.2) is 14.8 Å². The molecule has 2 heterocycles. The number of benzene rings is 2. The number of nitrogens with one attached hydrogen (secondary N) is 2. The van der Waals surface area contributed by atoms with Crippen molar-refractivity contribution in [1.82, 2.24) is 14.9 Å². The number of ether oxygens (including phenoxy) is 3. The van der Waals surface area contributed by atoms with Crippen molar-refractivity contribution in [3.8, 4) is 22.9 Å². The Hall–Kier alpha value is -3.73. The molecule has 184 valence electrons. The van der Waals surface area contributed by atoms with E-state index in [4.69, 9.17) is 14.2 Å². The van der Waals surface area contributed by atoms with Gasteiger partial charge in [0.25, 0.3) is 0 Å². The average molecular weight is 480 g/mol. The molecular weight excluding hydrogens is 450 g/mol. The van der Waals surface area contributed by atoms with Crippen LogP contribution in [0.2, 0.25) is 0 Å².